The minimum atomic E-state index is -1.02. The lowest BCUT2D eigenvalue weighted by molar-refractivity contribution is -0.150. The van der Waals surface area contributed by atoms with Crippen molar-refractivity contribution in [1.29, 1.82) is 0 Å². The number of aliphatic carboxylic acids is 1. The molecule has 0 aromatic heterocycles. The van der Waals surface area contributed by atoms with Crippen LogP contribution in [0.2, 0.25) is 0 Å². The van der Waals surface area contributed by atoms with Crippen LogP contribution in [0.4, 0.5) is 0 Å². The minimum Gasteiger partial charge on any atom is -0.480 e. The van der Waals surface area contributed by atoms with Gasteiger partial charge in [0.25, 0.3) is 0 Å². The average molecular weight is 620 g/mol. The Kier molecular flexibility index (Phi) is 32.2. The molecule has 0 aromatic rings. The summed E-state index contributed by atoms with van der Waals surface area (Å²) in [5.41, 5.74) is 0. The van der Waals surface area contributed by atoms with Crippen LogP contribution in [0, 0.1) is 0 Å². The molecule has 256 valence electrons. The Morgan fingerprint density at radius 2 is 1.07 bits per heavy atom. The third kappa shape index (κ3) is 32.8. The lowest BCUT2D eigenvalue weighted by atomic mass is 10.0. The topological polar surface area (TPSA) is 92.7 Å². The number of carbonyl (C=O) groups is 3. The number of carboxylic acid groups (broad SMARTS) is 1. The van der Waals surface area contributed by atoms with E-state index in [0.29, 0.717) is 12.8 Å². The van der Waals surface area contributed by atoms with Gasteiger partial charge in [-0.3, -0.25) is 14.4 Å². The molecule has 0 saturated carbocycles. The molecule has 1 unspecified atom stereocenters. The van der Waals surface area contributed by atoms with Crippen molar-refractivity contribution in [3.05, 3.63) is 24.3 Å². The fourth-order valence-corrected chi connectivity index (χ4v) is 5.37. The van der Waals surface area contributed by atoms with Crippen LogP contribution in [0.25, 0.3) is 0 Å². The summed E-state index contributed by atoms with van der Waals surface area (Å²) in [5.74, 6) is -1.26. The summed E-state index contributed by atoms with van der Waals surface area (Å²) in [6.07, 6.45) is 38.6. The number of hydrogen-bond acceptors (Lipinski definition) is 4. The van der Waals surface area contributed by atoms with Crippen molar-refractivity contribution in [2.45, 2.75) is 193 Å². The standard InChI is InChI=1S/C38H69NO5/c1-3-5-7-9-11-13-14-15-16-18-19-22-26-30-35(31-27-23-21-24-28-32-36(40)39-34-37(41)42)44-38(43)33-29-25-20-17-12-10-8-6-4-2/h14-15,18-19,35H,3-13,16-17,20-34H2,1-2H3,(H,39,40)(H,41,42)/b15-14-,19-18-. The summed E-state index contributed by atoms with van der Waals surface area (Å²) in [7, 11) is 0. The van der Waals surface area contributed by atoms with E-state index in [-0.39, 0.29) is 24.5 Å². The molecule has 0 spiro atoms. The van der Waals surface area contributed by atoms with Crippen LogP contribution >= 0.6 is 0 Å². The number of unbranched alkanes of at least 4 members (excludes halogenated alkanes) is 18. The smallest absolute Gasteiger partial charge is 0.322 e. The van der Waals surface area contributed by atoms with E-state index in [1.807, 2.05) is 0 Å². The van der Waals surface area contributed by atoms with Crippen molar-refractivity contribution in [2.75, 3.05) is 6.54 Å². The van der Waals surface area contributed by atoms with Crippen molar-refractivity contribution < 1.29 is 24.2 Å². The highest BCUT2D eigenvalue weighted by Gasteiger charge is 2.14. The van der Waals surface area contributed by atoms with Crippen LogP contribution in [0.15, 0.2) is 24.3 Å². The largest absolute Gasteiger partial charge is 0.480 e. The molecule has 0 fully saturated rings. The molecule has 0 heterocycles. The van der Waals surface area contributed by atoms with Crippen LogP contribution in [0.5, 0.6) is 0 Å². The van der Waals surface area contributed by atoms with Crippen molar-refractivity contribution in [3.63, 3.8) is 0 Å². The zero-order valence-corrected chi connectivity index (χ0v) is 28.8. The molecule has 0 rings (SSSR count). The number of amides is 1. The van der Waals surface area contributed by atoms with Crippen LogP contribution in [0.3, 0.4) is 0 Å². The summed E-state index contributed by atoms with van der Waals surface area (Å²) in [6, 6.07) is 0. The van der Waals surface area contributed by atoms with Crippen molar-refractivity contribution in [2.24, 2.45) is 0 Å². The Balaban J connectivity index is 4.27. The van der Waals surface area contributed by atoms with Gasteiger partial charge in [-0.2, -0.15) is 0 Å². The summed E-state index contributed by atoms with van der Waals surface area (Å²) in [5, 5.41) is 11.0. The van der Waals surface area contributed by atoms with E-state index in [1.165, 1.54) is 83.5 Å². The van der Waals surface area contributed by atoms with Crippen LogP contribution in [-0.2, 0) is 19.1 Å². The highest BCUT2D eigenvalue weighted by atomic mass is 16.5. The Morgan fingerprint density at radius 3 is 1.66 bits per heavy atom. The first-order valence-electron chi connectivity index (χ1n) is 18.5. The summed E-state index contributed by atoms with van der Waals surface area (Å²) >= 11 is 0. The molecular formula is C38H69NO5. The van der Waals surface area contributed by atoms with Gasteiger partial charge in [0, 0.05) is 12.8 Å². The first-order valence-corrected chi connectivity index (χ1v) is 18.5. The van der Waals surface area contributed by atoms with Gasteiger partial charge in [-0.15, -0.1) is 0 Å². The first-order chi connectivity index (χ1) is 21.5. The van der Waals surface area contributed by atoms with E-state index < -0.39 is 5.97 Å². The van der Waals surface area contributed by atoms with E-state index >= 15 is 0 Å². The molecule has 0 aliphatic rings. The maximum absolute atomic E-state index is 12.6. The number of esters is 1. The zero-order valence-electron chi connectivity index (χ0n) is 28.8. The fourth-order valence-electron chi connectivity index (χ4n) is 5.37. The predicted molar refractivity (Wildman–Crippen MR) is 185 cm³/mol. The second-order valence-corrected chi connectivity index (χ2v) is 12.5. The van der Waals surface area contributed by atoms with Crippen molar-refractivity contribution >= 4 is 17.8 Å². The van der Waals surface area contributed by atoms with Gasteiger partial charge in [-0.25, -0.2) is 0 Å². The molecule has 0 radical (unpaired) electrons. The molecule has 2 N–H and O–H groups in total. The normalized spacial score (nSPS) is 12.2. The molecule has 1 amide bonds. The lowest BCUT2D eigenvalue weighted by Crippen LogP contribution is -2.28. The predicted octanol–water partition coefficient (Wildman–Crippen LogP) is 10.8. The molecule has 0 aromatic carbocycles. The summed E-state index contributed by atoms with van der Waals surface area (Å²) in [4.78, 5) is 34.8. The molecule has 0 bridgehead atoms. The van der Waals surface area contributed by atoms with Gasteiger partial charge in [0.05, 0.1) is 0 Å². The van der Waals surface area contributed by atoms with Gasteiger partial charge in [-0.05, 0) is 64.2 Å². The Labute approximate surface area is 271 Å². The van der Waals surface area contributed by atoms with Crippen LogP contribution < -0.4 is 5.32 Å². The Morgan fingerprint density at radius 1 is 0.591 bits per heavy atom. The minimum absolute atomic E-state index is 0.0103. The van der Waals surface area contributed by atoms with Gasteiger partial charge in [0.15, 0.2) is 0 Å². The Bertz CT molecular complexity index is 733. The number of carbonyl (C=O) groups excluding carboxylic acids is 2. The maximum Gasteiger partial charge on any atom is 0.322 e. The van der Waals surface area contributed by atoms with E-state index in [1.54, 1.807) is 0 Å². The fraction of sp³-hybridized carbons (Fsp3) is 0.816. The first kappa shape index (κ1) is 41.9. The van der Waals surface area contributed by atoms with Crippen molar-refractivity contribution in [3.8, 4) is 0 Å². The number of hydrogen-bond donors (Lipinski definition) is 2. The molecule has 0 aliphatic carbocycles. The molecular weight excluding hydrogens is 550 g/mol. The Hall–Kier alpha value is -2.11. The molecule has 0 aliphatic heterocycles. The quantitative estimate of drug-likeness (QED) is 0.0433. The number of nitrogens with one attached hydrogen (secondary N) is 1. The van der Waals surface area contributed by atoms with Crippen molar-refractivity contribution in [1.82, 2.24) is 5.32 Å². The highest BCUT2D eigenvalue weighted by molar-refractivity contribution is 5.80. The second kappa shape index (κ2) is 33.8. The molecule has 1 atom stereocenters. The van der Waals surface area contributed by atoms with Crippen LogP contribution in [-0.4, -0.2) is 35.6 Å². The number of ether oxygens (including phenoxy) is 1. The van der Waals surface area contributed by atoms with Gasteiger partial charge in [-0.1, -0.05) is 134 Å². The number of allylic oxidation sites excluding steroid dienone is 4. The number of carboxylic acids is 1. The van der Waals surface area contributed by atoms with E-state index in [2.05, 4.69) is 43.5 Å². The maximum atomic E-state index is 12.6. The average Bonchev–Trinajstić information content (AvgIpc) is 3.00. The molecule has 6 nitrogen and oxygen atoms in total. The third-order valence-corrected chi connectivity index (χ3v) is 8.13. The highest BCUT2D eigenvalue weighted by Crippen LogP contribution is 2.18. The van der Waals surface area contributed by atoms with E-state index in [4.69, 9.17) is 9.84 Å². The number of rotatable bonds is 33. The van der Waals surface area contributed by atoms with E-state index in [9.17, 15) is 14.4 Å². The molecule has 44 heavy (non-hydrogen) atoms. The van der Waals surface area contributed by atoms with E-state index in [0.717, 1.165) is 77.0 Å². The third-order valence-electron chi connectivity index (χ3n) is 8.13. The summed E-state index contributed by atoms with van der Waals surface area (Å²) in [6.45, 7) is 4.19. The SMILES string of the molecule is CCCCCCC/C=C\C/C=C\CCCC(CCCCCCCC(=O)NCC(=O)O)OC(=O)CCCCCCCCCCC. The van der Waals surface area contributed by atoms with Gasteiger partial charge < -0.3 is 15.2 Å². The van der Waals surface area contributed by atoms with Crippen LogP contribution in [0.1, 0.15) is 187 Å². The van der Waals surface area contributed by atoms with Gasteiger partial charge in [0.1, 0.15) is 12.6 Å². The monoisotopic (exact) mass is 620 g/mol. The summed E-state index contributed by atoms with van der Waals surface area (Å²) < 4.78 is 5.96. The van der Waals surface area contributed by atoms with Gasteiger partial charge in [0.2, 0.25) is 5.91 Å². The lowest BCUT2D eigenvalue weighted by Gasteiger charge is -2.18. The molecule has 0 saturated heterocycles. The zero-order chi connectivity index (χ0) is 32.4. The second-order valence-electron chi connectivity index (χ2n) is 12.5. The molecule has 6 heteroatoms. The van der Waals surface area contributed by atoms with Gasteiger partial charge >= 0.3 is 11.9 Å².